The molecule has 2 aliphatic rings. The number of benzene rings is 3. The van der Waals surface area contributed by atoms with Crippen molar-refractivity contribution in [2.45, 2.75) is 29.7 Å². The van der Waals surface area contributed by atoms with Crippen LogP contribution < -0.4 is 4.74 Å². The number of halogens is 2. The van der Waals surface area contributed by atoms with Crippen LogP contribution in [0.2, 0.25) is 0 Å². The summed E-state index contributed by atoms with van der Waals surface area (Å²) in [6, 6.07) is 26.8. The average molecular weight is 395 g/mol. The van der Waals surface area contributed by atoms with Crippen LogP contribution in [-0.2, 0) is 5.60 Å². The average Bonchev–Trinajstić information content (AvgIpc) is 3.09. The van der Waals surface area contributed by atoms with Crippen molar-refractivity contribution in [1.82, 2.24) is 0 Å². The Bertz CT molecular complexity index is 1030. The van der Waals surface area contributed by atoms with E-state index in [1.165, 1.54) is 11.1 Å². The van der Waals surface area contributed by atoms with Gasteiger partial charge in [0.05, 0.1) is 5.41 Å². The third-order valence-corrected chi connectivity index (χ3v) is 7.83. The number of hydrogen-bond donors (Lipinski definition) is 0. The second-order valence-electron chi connectivity index (χ2n) is 7.75. The van der Waals surface area contributed by atoms with Crippen molar-refractivity contribution in [2.24, 2.45) is 5.41 Å². The number of ether oxygens (including phenoxy) is 1. The van der Waals surface area contributed by atoms with E-state index in [9.17, 15) is 0 Å². The van der Waals surface area contributed by atoms with Crippen molar-refractivity contribution >= 4 is 23.2 Å². The van der Waals surface area contributed by atoms with E-state index in [0.717, 1.165) is 16.9 Å². The minimum Gasteiger partial charge on any atom is -0.478 e. The van der Waals surface area contributed by atoms with E-state index in [2.05, 4.69) is 62.4 Å². The largest absolute Gasteiger partial charge is 0.478 e. The van der Waals surface area contributed by atoms with Gasteiger partial charge in [0.2, 0.25) is 0 Å². The predicted octanol–water partition coefficient (Wildman–Crippen LogP) is 6.61. The summed E-state index contributed by atoms with van der Waals surface area (Å²) in [5, 5.41) is 0. The van der Waals surface area contributed by atoms with Crippen LogP contribution in [0.25, 0.3) is 0 Å². The monoisotopic (exact) mass is 394 g/mol. The van der Waals surface area contributed by atoms with E-state index in [1.54, 1.807) is 0 Å². The predicted molar refractivity (Wildman–Crippen MR) is 111 cm³/mol. The highest BCUT2D eigenvalue weighted by molar-refractivity contribution is 6.53. The first-order valence-corrected chi connectivity index (χ1v) is 9.97. The fraction of sp³-hybridized carbons (Fsp3) is 0.250. The molecule has 5 rings (SSSR count). The summed E-state index contributed by atoms with van der Waals surface area (Å²) in [5.41, 5.74) is 3.36. The van der Waals surface area contributed by atoms with Gasteiger partial charge in [-0.05, 0) is 29.7 Å². The number of rotatable bonds is 2. The SMILES string of the molecule is Cc1ccccc1[C@@H]1c2ccccc2O[C@]2(c3ccccc3)C(Cl)(Cl)[C@]12C. The van der Waals surface area contributed by atoms with Crippen molar-refractivity contribution < 1.29 is 4.74 Å². The molecule has 27 heavy (non-hydrogen) atoms. The highest BCUT2D eigenvalue weighted by Crippen LogP contribution is 2.85. The highest BCUT2D eigenvalue weighted by atomic mass is 35.5. The van der Waals surface area contributed by atoms with E-state index >= 15 is 0 Å². The van der Waals surface area contributed by atoms with Crippen LogP contribution in [0.4, 0.5) is 0 Å². The Morgan fingerprint density at radius 2 is 1.37 bits per heavy atom. The number of aryl methyl sites for hydroxylation is 1. The Morgan fingerprint density at radius 3 is 2.07 bits per heavy atom. The molecule has 1 saturated carbocycles. The molecule has 0 spiro atoms. The van der Waals surface area contributed by atoms with Crippen molar-refractivity contribution in [3.63, 3.8) is 0 Å². The van der Waals surface area contributed by atoms with Gasteiger partial charge in [-0.3, -0.25) is 0 Å². The summed E-state index contributed by atoms with van der Waals surface area (Å²) in [5.74, 6) is 0.897. The zero-order chi connectivity index (χ0) is 18.9. The standard InChI is InChI=1S/C24H20Cl2O/c1-16-10-6-7-13-18(16)21-19-14-8-9-15-20(19)27-23(17-11-4-3-5-12-17)22(21,2)24(23,25)26/h3-15,21H,1-2H3/t21-,22-,23+/m1/s1. The summed E-state index contributed by atoms with van der Waals surface area (Å²) in [7, 11) is 0. The first-order chi connectivity index (χ1) is 12.9. The maximum Gasteiger partial charge on any atom is 0.177 e. The number of alkyl halides is 2. The molecule has 0 radical (unpaired) electrons. The number of hydrogen-bond acceptors (Lipinski definition) is 1. The van der Waals surface area contributed by atoms with Crippen LogP contribution in [0.1, 0.15) is 35.1 Å². The van der Waals surface area contributed by atoms with Crippen molar-refractivity contribution in [3.8, 4) is 5.75 Å². The van der Waals surface area contributed by atoms with Crippen LogP contribution in [-0.4, -0.2) is 4.33 Å². The first kappa shape index (κ1) is 17.2. The summed E-state index contributed by atoms with van der Waals surface area (Å²) in [4.78, 5) is 0. The minimum absolute atomic E-state index is 0.0406. The van der Waals surface area contributed by atoms with E-state index in [4.69, 9.17) is 27.9 Å². The molecule has 0 unspecified atom stereocenters. The number of fused-ring (bicyclic) bond motifs is 2. The first-order valence-electron chi connectivity index (χ1n) is 9.22. The van der Waals surface area contributed by atoms with Gasteiger partial charge in [-0.25, -0.2) is 0 Å². The molecule has 0 saturated heterocycles. The molecule has 1 aliphatic carbocycles. The van der Waals surface area contributed by atoms with Gasteiger partial charge < -0.3 is 4.74 Å². The van der Waals surface area contributed by atoms with Gasteiger partial charge >= 0.3 is 0 Å². The van der Waals surface area contributed by atoms with Crippen LogP contribution in [0.3, 0.4) is 0 Å². The van der Waals surface area contributed by atoms with Crippen molar-refractivity contribution in [3.05, 3.63) is 101 Å². The molecule has 1 aliphatic heterocycles. The Kier molecular flexibility index (Phi) is 3.51. The molecule has 1 heterocycles. The molecule has 3 heteroatoms. The maximum atomic E-state index is 7.07. The Labute approximate surface area is 169 Å². The van der Waals surface area contributed by atoms with Crippen molar-refractivity contribution in [1.29, 1.82) is 0 Å². The molecule has 1 fully saturated rings. The van der Waals surface area contributed by atoms with Crippen molar-refractivity contribution in [2.75, 3.05) is 0 Å². The molecule has 0 bridgehead atoms. The summed E-state index contributed by atoms with van der Waals surface area (Å²) in [6.45, 7) is 4.31. The molecule has 3 aromatic carbocycles. The Morgan fingerprint density at radius 1 is 0.778 bits per heavy atom. The topological polar surface area (TPSA) is 9.23 Å². The molecule has 3 aromatic rings. The lowest BCUT2D eigenvalue weighted by Gasteiger charge is -2.37. The van der Waals surface area contributed by atoms with E-state index in [0.29, 0.717) is 0 Å². The van der Waals surface area contributed by atoms with Crippen LogP contribution in [0.5, 0.6) is 5.75 Å². The fourth-order valence-corrected chi connectivity index (χ4v) is 6.14. The maximum absolute atomic E-state index is 7.07. The van der Waals surface area contributed by atoms with Gasteiger partial charge in [-0.15, -0.1) is 0 Å². The third kappa shape index (κ3) is 1.92. The molecule has 0 aromatic heterocycles. The Balaban J connectivity index is 1.82. The molecular formula is C24H20Cl2O. The normalized spacial score (nSPS) is 30.0. The molecule has 1 nitrogen and oxygen atoms in total. The van der Waals surface area contributed by atoms with Gasteiger partial charge in [-0.1, -0.05) is 103 Å². The molecule has 136 valence electrons. The van der Waals surface area contributed by atoms with E-state index in [-0.39, 0.29) is 5.92 Å². The van der Waals surface area contributed by atoms with Gasteiger partial charge in [-0.2, -0.15) is 0 Å². The van der Waals surface area contributed by atoms with Gasteiger partial charge in [0, 0.05) is 11.5 Å². The zero-order valence-electron chi connectivity index (χ0n) is 15.2. The lowest BCUT2D eigenvalue weighted by Crippen LogP contribution is -2.33. The van der Waals surface area contributed by atoms with E-state index in [1.807, 2.05) is 30.3 Å². The zero-order valence-corrected chi connectivity index (χ0v) is 16.8. The minimum atomic E-state index is -1.05. The molecular weight excluding hydrogens is 375 g/mol. The molecule has 3 atom stereocenters. The van der Waals surface area contributed by atoms with Gasteiger partial charge in [0.25, 0.3) is 0 Å². The highest BCUT2D eigenvalue weighted by Gasteiger charge is 2.91. The van der Waals surface area contributed by atoms with Gasteiger partial charge in [0.15, 0.2) is 9.93 Å². The molecule has 0 amide bonds. The third-order valence-electron chi connectivity index (χ3n) is 6.51. The van der Waals surface area contributed by atoms with Crippen LogP contribution in [0, 0.1) is 12.3 Å². The summed E-state index contributed by atoms with van der Waals surface area (Å²) < 4.78 is 5.58. The second kappa shape index (κ2) is 5.53. The number of para-hydroxylation sites is 1. The quantitative estimate of drug-likeness (QED) is 0.444. The lowest BCUT2D eigenvalue weighted by molar-refractivity contribution is 0.102. The summed E-state index contributed by atoms with van der Waals surface area (Å²) in [6.07, 6.45) is 0. The smallest absolute Gasteiger partial charge is 0.177 e. The van der Waals surface area contributed by atoms with Crippen LogP contribution in [0.15, 0.2) is 78.9 Å². The summed E-state index contributed by atoms with van der Waals surface area (Å²) >= 11 is 14.1. The molecule has 0 N–H and O–H groups in total. The van der Waals surface area contributed by atoms with Crippen LogP contribution >= 0.6 is 23.2 Å². The lowest BCUT2D eigenvalue weighted by atomic mass is 9.73. The Hall–Kier alpha value is -1.96. The fourth-order valence-electron chi connectivity index (χ4n) is 5.06. The van der Waals surface area contributed by atoms with Gasteiger partial charge in [0.1, 0.15) is 5.75 Å². The van der Waals surface area contributed by atoms with E-state index < -0.39 is 15.3 Å². The second-order valence-corrected chi connectivity index (χ2v) is 9.08.